The summed E-state index contributed by atoms with van der Waals surface area (Å²) in [5.74, 6) is 0.142. The number of rotatable bonds is 4. The molecule has 0 radical (unpaired) electrons. The smallest absolute Gasteiger partial charge is 0.263 e. The predicted octanol–water partition coefficient (Wildman–Crippen LogP) is 2.36. The lowest BCUT2D eigenvalue weighted by Gasteiger charge is -1.96. The van der Waals surface area contributed by atoms with Crippen molar-refractivity contribution in [3.05, 3.63) is 11.8 Å². The van der Waals surface area contributed by atoms with Gasteiger partial charge in [-0.05, 0) is 6.72 Å². The second-order valence-corrected chi connectivity index (χ2v) is 2.32. The van der Waals surface area contributed by atoms with Crippen LogP contribution in [0.2, 0.25) is 0 Å². The molecule has 2 nitrogen and oxygen atoms in total. The summed E-state index contributed by atoms with van der Waals surface area (Å²) in [6.45, 7) is 2.96. The van der Waals surface area contributed by atoms with Gasteiger partial charge in [-0.25, -0.2) is 8.78 Å². The molecule has 0 aromatic carbocycles. The molecule has 0 heterocycles. The first kappa shape index (κ1) is 11.6. The average Bonchev–Trinajstić information content (AvgIpc) is 2.00. The highest BCUT2D eigenvalue weighted by molar-refractivity contribution is 7.80. The minimum absolute atomic E-state index is 0.0623. The molecule has 0 atom stereocenters. The van der Waals surface area contributed by atoms with Gasteiger partial charge < -0.3 is 0 Å². The molecule has 0 rings (SSSR count). The highest BCUT2D eigenvalue weighted by Gasteiger charge is 2.08. The van der Waals surface area contributed by atoms with Crippen molar-refractivity contribution in [2.24, 2.45) is 9.98 Å². The van der Waals surface area contributed by atoms with Crippen LogP contribution in [0.25, 0.3) is 0 Å². The van der Waals surface area contributed by atoms with Crippen molar-refractivity contribution >= 4 is 36.1 Å². The molecule has 0 aromatic heterocycles. The van der Waals surface area contributed by atoms with Crippen molar-refractivity contribution in [2.45, 2.75) is 6.43 Å². The van der Waals surface area contributed by atoms with E-state index in [1.165, 1.54) is 0 Å². The molecule has 0 N–H and O–H groups in total. The molecule has 6 heteroatoms. The molecule has 0 unspecified atom stereocenters. The van der Waals surface area contributed by atoms with Gasteiger partial charge in [-0.3, -0.25) is 9.98 Å². The summed E-state index contributed by atoms with van der Waals surface area (Å²) in [5, 5.41) is -0.0623. The van der Waals surface area contributed by atoms with E-state index in [2.05, 4.69) is 29.3 Å². The minimum atomic E-state index is -2.69. The summed E-state index contributed by atoms with van der Waals surface area (Å²) in [4.78, 5) is 6.62. The molecule has 12 heavy (non-hydrogen) atoms. The summed E-state index contributed by atoms with van der Waals surface area (Å²) >= 11 is 9.13. The maximum atomic E-state index is 12.0. The van der Waals surface area contributed by atoms with Gasteiger partial charge in [0, 0.05) is 6.08 Å². The van der Waals surface area contributed by atoms with Crippen molar-refractivity contribution in [3.63, 3.8) is 0 Å². The largest absolute Gasteiger partial charge is 0.280 e. The van der Waals surface area contributed by atoms with Crippen LogP contribution in [0.1, 0.15) is 0 Å². The monoisotopic (exact) mass is 212 g/mol. The predicted molar refractivity (Wildman–Crippen MR) is 50.8 cm³/mol. The lowest BCUT2D eigenvalue weighted by atomic mass is 10.4. The molecule has 0 aliphatic heterocycles. The number of alkyl halides is 2. The van der Waals surface area contributed by atoms with Gasteiger partial charge in [0.05, 0.1) is 5.88 Å². The Morgan fingerprint density at radius 1 is 1.67 bits per heavy atom. The number of hydrogen-bond acceptors (Lipinski definition) is 3. The van der Waals surface area contributed by atoms with Gasteiger partial charge >= 0.3 is 0 Å². The van der Waals surface area contributed by atoms with Crippen molar-refractivity contribution in [1.29, 1.82) is 0 Å². The van der Waals surface area contributed by atoms with E-state index >= 15 is 0 Å². The first-order chi connectivity index (χ1) is 5.61. The van der Waals surface area contributed by atoms with Crippen LogP contribution >= 0.6 is 24.2 Å². The van der Waals surface area contributed by atoms with E-state index in [4.69, 9.17) is 11.6 Å². The molecule has 0 saturated carbocycles. The van der Waals surface area contributed by atoms with Gasteiger partial charge in [0.15, 0.2) is 0 Å². The molecular weight excluding hydrogens is 206 g/mol. The van der Waals surface area contributed by atoms with E-state index in [0.29, 0.717) is 0 Å². The van der Waals surface area contributed by atoms with Crippen LogP contribution < -0.4 is 0 Å². The Hall–Kier alpha value is -0.420. The van der Waals surface area contributed by atoms with Gasteiger partial charge in [-0.15, -0.1) is 0 Å². The molecular formula is C6H7ClF2N2S. The highest BCUT2D eigenvalue weighted by atomic mass is 35.5. The molecule has 0 aliphatic rings. The zero-order valence-electron chi connectivity index (χ0n) is 6.04. The number of nitrogens with zero attached hydrogens (tertiary/aromatic N) is 2. The third-order valence-electron chi connectivity index (χ3n) is 0.895. The van der Waals surface area contributed by atoms with E-state index in [0.717, 1.165) is 6.08 Å². The number of thiol groups is 1. The van der Waals surface area contributed by atoms with Gasteiger partial charge in [0.2, 0.25) is 0 Å². The fraction of sp³-hybridized carbons (Fsp3) is 0.333. The Kier molecular flexibility index (Phi) is 5.92. The Labute approximate surface area is 79.5 Å². The lowest BCUT2D eigenvalue weighted by Crippen LogP contribution is -1.96. The van der Waals surface area contributed by atoms with Gasteiger partial charge in [-0.1, -0.05) is 11.6 Å². The van der Waals surface area contributed by atoms with Crippen LogP contribution in [-0.2, 0) is 0 Å². The van der Waals surface area contributed by atoms with Gasteiger partial charge in [-0.2, -0.15) is 12.6 Å². The Morgan fingerprint density at radius 2 is 2.25 bits per heavy atom. The average molecular weight is 213 g/mol. The summed E-state index contributed by atoms with van der Waals surface area (Å²) < 4.78 is 23.9. The van der Waals surface area contributed by atoms with Gasteiger partial charge in [0.25, 0.3) is 6.43 Å². The van der Waals surface area contributed by atoms with Crippen molar-refractivity contribution in [3.8, 4) is 0 Å². The third kappa shape index (κ3) is 4.46. The number of hydrogen-bond donors (Lipinski definition) is 1. The van der Waals surface area contributed by atoms with Crippen molar-refractivity contribution in [2.75, 3.05) is 5.88 Å². The van der Waals surface area contributed by atoms with E-state index in [-0.39, 0.29) is 11.0 Å². The van der Waals surface area contributed by atoms with Crippen LogP contribution in [0.3, 0.4) is 0 Å². The summed E-state index contributed by atoms with van der Waals surface area (Å²) in [6.07, 6.45) is -1.73. The van der Waals surface area contributed by atoms with Crippen molar-refractivity contribution < 1.29 is 8.78 Å². The Morgan fingerprint density at radius 3 is 2.58 bits per heavy atom. The van der Waals surface area contributed by atoms with E-state index in [1.807, 2.05) is 0 Å². The zero-order valence-corrected chi connectivity index (χ0v) is 7.69. The third-order valence-corrected chi connectivity index (χ3v) is 1.26. The quantitative estimate of drug-likeness (QED) is 0.547. The van der Waals surface area contributed by atoms with E-state index < -0.39 is 12.1 Å². The maximum Gasteiger partial charge on any atom is 0.280 e. The van der Waals surface area contributed by atoms with Crippen molar-refractivity contribution in [1.82, 2.24) is 0 Å². The first-order valence-corrected chi connectivity index (χ1v) is 3.90. The molecule has 0 spiro atoms. The van der Waals surface area contributed by atoms with Gasteiger partial charge in [0.1, 0.15) is 10.9 Å². The highest BCUT2D eigenvalue weighted by Crippen LogP contribution is 2.10. The van der Waals surface area contributed by atoms with Crippen LogP contribution in [0.5, 0.6) is 0 Å². The van der Waals surface area contributed by atoms with E-state index in [9.17, 15) is 8.78 Å². The van der Waals surface area contributed by atoms with Crippen LogP contribution in [-0.4, -0.2) is 24.2 Å². The maximum absolute atomic E-state index is 12.0. The second kappa shape index (κ2) is 6.14. The fourth-order valence-corrected chi connectivity index (χ4v) is 0.820. The number of aliphatic imine (C=N–C) groups is 2. The minimum Gasteiger partial charge on any atom is -0.263 e. The van der Waals surface area contributed by atoms with E-state index in [1.54, 1.807) is 0 Å². The molecule has 0 bridgehead atoms. The second-order valence-electron chi connectivity index (χ2n) is 1.65. The lowest BCUT2D eigenvalue weighted by molar-refractivity contribution is 0.188. The van der Waals surface area contributed by atoms with Crippen LogP contribution in [0.4, 0.5) is 8.78 Å². The molecule has 0 aromatic rings. The molecule has 0 aliphatic carbocycles. The topological polar surface area (TPSA) is 24.7 Å². The summed E-state index contributed by atoms with van der Waals surface area (Å²) in [7, 11) is 0. The molecule has 0 fully saturated rings. The summed E-state index contributed by atoms with van der Waals surface area (Å²) in [5.41, 5.74) is -0.495. The normalized spacial score (nSPS) is 13.8. The molecule has 68 valence electrons. The number of halogens is 3. The molecule has 0 amide bonds. The number of allylic oxidation sites excluding steroid dienone is 2. The zero-order chi connectivity index (χ0) is 9.56. The van der Waals surface area contributed by atoms with Crippen LogP contribution in [0, 0.1) is 0 Å². The Bertz CT molecular complexity index is 216. The Balaban J connectivity index is 4.48. The summed E-state index contributed by atoms with van der Waals surface area (Å²) in [6, 6.07) is 0. The standard InChI is InChI=1S/C6H7ClF2N2S/c1-10-4(6(8)9)2-5(7)11-3-12/h2,6,12H,1,3H2/b4-2-,11-5+. The SMILES string of the molecule is C=N/C(=C\C(Cl)=N/CS)C(F)F. The molecule has 0 saturated heterocycles. The fourth-order valence-electron chi connectivity index (χ4n) is 0.413. The van der Waals surface area contributed by atoms with Crippen LogP contribution in [0.15, 0.2) is 21.8 Å². The first-order valence-electron chi connectivity index (χ1n) is 2.89.